The zero-order valence-electron chi connectivity index (χ0n) is 12.1. The van der Waals surface area contributed by atoms with Crippen LogP contribution in [-0.4, -0.2) is 43.2 Å². The molecule has 1 heterocycles. The van der Waals surface area contributed by atoms with Gasteiger partial charge in [0.05, 0.1) is 11.8 Å². The second kappa shape index (κ2) is 5.47. The molecule has 106 valence electrons. The van der Waals surface area contributed by atoms with Crippen molar-refractivity contribution >= 4 is 5.69 Å². The number of halogens is 1. The van der Waals surface area contributed by atoms with Crippen LogP contribution in [0.15, 0.2) is 18.2 Å². The molecule has 1 aliphatic heterocycles. The Labute approximate surface area is 114 Å². The summed E-state index contributed by atoms with van der Waals surface area (Å²) >= 11 is 0. The zero-order valence-corrected chi connectivity index (χ0v) is 12.1. The second-order valence-electron chi connectivity index (χ2n) is 5.77. The predicted molar refractivity (Wildman–Crippen MR) is 75.9 cm³/mol. The third-order valence-electron chi connectivity index (χ3n) is 4.02. The smallest absolute Gasteiger partial charge is 0.146 e. The van der Waals surface area contributed by atoms with Gasteiger partial charge in [0.1, 0.15) is 5.82 Å². The van der Waals surface area contributed by atoms with Gasteiger partial charge in [-0.15, -0.1) is 0 Å². The van der Waals surface area contributed by atoms with Gasteiger partial charge in [-0.1, -0.05) is 19.1 Å². The first-order chi connectivity index (χ1) is 8.91. The fourth-order valence-electron chi connectivity index (χ4n) is 3.01. The Bertz CT molecular complexity index is 448. The lowest BCUT2D eigenvalue weighted by molar-refractivity contribution is 0.199. The Balaban J connectivity index is 2.33. The van der Waals surface area contributed by atoms with Gasteiger partial charge in [-0.3, -0.25) is 0 Å². The maximum atomic E-state index is 14.2. The van der Waals surface area contributed by atoms with Crippen molar-refractivity contribution in [2.75, 3.05) is 32.1 Å². The fraction of sp³-hybridized carbons (Fsp3) is 0.600. The number of likely N-dealkylation sites (N-methyl/N-ethyl adjacent to an activating group) is 1. The Morgan fingerprint density at radius 3 is 2.58 bits per heavy atom. The Morgan fingerprint density at radius 1 is 1.37 bits per heavy atom. The number of aliphatic hydroxyl groups excluding tert-OH is 1. The van der Waals surface area contributed by atoms with Crippen LogP contribution in [-0.2, 0) is 0 Å². The third kappa shape index (κ3) is 2.74. The van der Waals surface area contributed by atoms with Crippen molar-refractivity contribution in [3.05, 3.63) is 29.6 Å². The number of aliphatic hydroxyl groups is 1. The molecule has 0 aliphatic carbocycles. The van der Waals surface area contributed by atoms with Crippen LogP contribution < -0.4 is 4.90 Å². The summed E-state index contributed by atoms with van der Waals surface area (Å²) in [5.74, 6) is 0.237. The first kappa shape index (κ1) is 14.3. The number of rotatable bonds is 3. The third-order valence-corrected chi connectivity index (χ3v) is 4.02. The highest BCUT2D eigenvalue weighted by atomic mass is 19.1. The van der Waals surface area contributed by atoms with E-state index < -0.39 is 6.10 Å². The number of hydrogen-bond acceptors (Lipinski definition) is 3. The lowest BCUT2D eigenvalue weighted by Gasteiger charge is -2.25. The van der Waals surface area contributed by atoms with Gasteiger partial charge < -0.3 is 14.9 Å². The molecule has 1 aromatic rings. The van der Waals surface area contributed by atoms with E-state index in [1.54, 1.807) is 19.1 Å². The zero-order chi connectivity index (χ0) is 14.2. The first-order valence-electron chi connectivity index (χ1n) is 6.79. The summed E-state index contributed by atoms with van der Waals surface area (Å²) in [4.78, 5) is 4.25. The Hall–Kier alpha value is -1.13. The number of benzene rings is 1. The van der Waals surface area contributed by atoms with E-state index in [0.29, 0.717) is 23.2 Å². The molecule has 1 fully saturated rings. The van der Waals surface area contributed by atoms with Crippen molar-refractivity contribution in [1.82, 2.24) is 4.90 Å². The minimum absolute atomic E-state index is 0.245. The van der Waals surface area contributed by atoms with Crippen LogP contribution in [0.4, 0.5) is 10.1 Å². The standard InChI is InChI=1S/C15H23FN2O/c1-10-8-18(9-14(10)17(3)4)15-12(11(2)19)6-5-7-13(15)16/h5-7,10-11,14,19H,8-9H2,1-4H3/t10?,11-,14?/m1/s1. The van der Waals surface area contributed by atoms with E-state index in [9.17, 15) is 9.50 Å². The molecule has 19 heavy (non-hydrogen) atoms. The van der Waals surface area contributed by atoms with Crippen LogP contribution >= 0.6 is 0 Å². The van der Waals surface area contributed by atoms with Gasteiger partial charge in [0.15, 0.2) is 0 Å². The van der Waals surface area contributed by atoms with E-state index in [2.05, 4.69) is 30.8 Å². The van der Waals surface area contributed by atoms with Gasteiger partial charge in [-0.2, -0.15) is 0 Å². The fourth-order valence-corrected chi connectivity index (χ4v) is 3.01. The molecule has 0 saturated carbocycles. The van der Waals surface area contributed by atoms with Crippen LogP contribution in [0.25, 0.3) is 0 Å². The van der Waals surface area contributed by atoms with E-state index in [-0.39, 0.29) is 5.82 Å². The Kier molecular flexibility index (Phi) is 4.11. The van der Waals surface area contributed by atoms with Gasteiger partial charge in [-0.05, 0) is 33.0 Å². The van der Waals surface area contributed by atoms with Crippen LogP contribution in [0.1, 0.15) is 25.5 Å². The van der Waals surface area contributed by atoms with Gasteiger partial charge in [-0.25, -0.2) is 4.39 Å². The van der Waals surface area contributed by atoms with Gasteiger partial charge in [0.2, 0.25) is 0 Å². The SMILES string of the molecule is CC1CN(c2c(F)cccc2[C@@H](C)O)CC1N(C)C. The summed E-state index contributed by atoms with van der Waals surface area (Å²) in [6.45, 7) is 5.49. The lowest BCUT2D eigenvalue weighted by atomic mass is 10.1. The monoisotopic (exact) mass is 266 g/mol. The summed E-state index contributed by atoms with van der Waals surface area (Å²) < 4.78 is 14.2. The maximum Gasteiger partial charge on any atom is 0.146 e. The molecule has 1 aromatic carbocycles. The summed E-state index contributed by atoms with van der Waals surface area (Å²) in [5, 5.41) is 9.83. The minimum atomic E-state index is -0.653. The lowest BCUT2D eigenvalue weighted by Crippen LogP contribution is -2.34. The molecule has 0 spiro atoms. The molecule has 1 aliphatic rings. The molecular formula is C15H23FN2O. The van der Waals surface area contributed by atoms with E-state index in [1.807, 2.05) is 0 Å². The maximum absolute atomic E-state index is 14.2. The van der Waals surface area contributed by atoms with Crippen LogP contribution in [0.5, 0.6) is 0 Å². The minimum Gasteiger partial charge on any atom is -0.389 e. The van der Waals surface area contributed by atoms with Crippen molar-refractivity contribution < 1.29 is 9.50 Å². The molecular weight excluding hydrogens is 243 g/mol. The molecule has 2 unspecified atom stereocenters. The highest BCUT2D eigenvalue weighted by Gasteiger charge is 2.33. The van der Waals surface area contributed by atoms with Crippen LogP contribution in [0.3, 0.4) is 0 Å². The normalized spacial score (nSPS) is 25.1. The average molecular weight is 266 g/mol. The molecule has 2 rings (SSSR count). The van der Waals surface area contributed by atoms with Crippen molar-refractivity contribution in [3.63, 3.8) is 0 Å². The first-order valence-corrected chi connectivity index (χ1v) is 6.79. The highest BCUT2D eigenvalue weighted by molar-refractivity contribution is 5.57. The molecule has 0 bridgehead atoms. The number of para-hydroxylation sites is 1. The van der Waals surface area contributed by atoms with E-state index in [4.69, 9.17) is 0 Å². The molecule has 3 atom stereocenters. The van der Waals surface area contributed by atoms with Crippen LogP contribution in [0, 0.1) is 11.7 Å². The molecule has 0 radical (unpaired) electrons. The van der Waals surface area contributed by atoms with E-state index in [1.165, 1.54) is 6.07 Å². The summed E-state index contributed by atoms with van der Waals surface area (Å²) in [7, 11) is 4.11. The second-order valence-corrected chi connectivity index (χ2v) is 5.77. The van der Waals surface area contributed by atoms with E-state index in [0.717, 1.165) is 13.1 Å². The number of anilines is 1. The van der Waals surface area contributed by atoms with Crippen molar-refractivity contribution in [2.45, 2.75) is 26.0 Å². The van der Waals surface area contributed by atoms with Crippen molar-refractivity contribution in [2.24, 2.45) is 5.92 Å². The average Bonchev–Trinajstić information content (AvgIpc) is 2.70. The predicted octanol–water partition coefficient (Wildman–Crippen LogP) is 2.27. The quantitative estimate of drug-likeness (QED) is 0.909. The molecule has 4 heteroatoms. The van der Waals surface area contributed by atoms with Crippen molar-refractivity contribution in [1.29, 1.82) is 0 Å². The van der Waals surface area contributed by atoms with Gasteiger partial charge in [0.25, 0.3) is 0 Å². The van der Waals surface area contributed by atoms with Crippen molar-refractivity contribution in [3.8, 4) is 0 Å². The molecule has 1 N–H and O–H groups in total. The Morgan fingerprint density at radius 2 is 2.05 bits per heavy atom. The molecule has 1 saturated heterocycles. The van der Waals surface area contributed by atoms with E-state index >= 15 is 0 Å². The molecule has 0 amide bonds. The highest BCUT2D eigenvalue weighted by Crippen LogP contribution is 2.33. The summed E-state index contributed by atoms with van der Waals surface area (Å²) in [5.41, 5.74) is 1.24. The van der Waals surface area contributed by atoms with Gasteiger partial charge >= 0.3 is 0 Å². The number of hydrogen-bond donors (Lipinski definition) is 1. The topological polar surface area (TPSA) is 26.7 Å². The summed E-state index contributed by atoms with van der Waals surface area (Å²) in [6.07, 6.45) is -0.653. The molecule has 0 aromatic heterocycles. The molecule has 3 nitrogen and oxygen atoms in total. The largest absolute Gasteiger partial charge is 0.389 e. The summed E-state index contributed by atoms with van der Waals surface area (Å²) in [6, 6.07) is 5.34. The van der Waals surface area contributed by atoms with Gasteiger partial charge in [0, 0.05) is 24.7 Å². The van der Waals surface area contributed by atoms with Crippen LogP contribution in [0.2, 0.25) is 0 Å². The number of nitrogens with zero attached hydrogens (tertiary/aromatic N) is 2.